The quantitative estimate of drug-likeness (QED) is 0.379. The fourth-order valence-electron chi connectivity index (χ4n) is 0.989. The van der Waals surface area contributed by atoms with Gasteiger partial charge in [0, 0.05) is 9.26 Å². The molecular weight excluding hydrogens is 302 g/mol. The lowest BCUT2D eigenvalue weighted by molar-refractivity contribution is 0.102. The van der Waals surface area contributed by atoms with E-state index in [1.165, 1.54) is 0 Å². The number of carbonyl (C=O) groups excluding carboxylic acids is 1. The molecule has 0 bridgehead atoms. The van der Waals surface area contributed by atoms with Crippen LogP contribution in [-0.2, 0) is 0 Å². The van der Waals surface area contributed by atoms with Crippen LogP contribution in [0, 0.1) is 3.57 Å². The largest absolute Gasteiger partial charge is 0.398 e. The molecule has 70 valence electrons. The maximum atomic E-state index is 11.3. The van der Waals surface area contributed by atoms with E-state index < -0.39 is 0 Å². The summed E-state index contributed by atoms with van der Waals surface area (Å²) in [5.74, 6) is -0.343. The molecule has 0 aliphatic carbocycles. The normalized spacial score (nSPS) is 10.0. The van der Waals surface area contributed by atoms with Crippen molar-refractivity contribution in [3.8, 4) is 0 Å². The molecule has 0 aliphatic rings. The van der Waals surface area contributed by atoms with Gasteiger partial charge in [0.15, 0.2) is 5.78 Å². The van der Waals surface area contributed by atoms with E-state index in [1.807, 2.05) is 22.6 Å². The van der Waals surface area contributed by atoms with Gasteiger partial charge >= 0.3 is 0 Å². The minimum Gasteiger partial charge on any atom is -0.398 e. The second-order valence-corrected chi connectivity index (χ2v) is 3.91. The fraction of sp³-hybridized carbons (Fsp3) is 0.125. The highest BCUT2D eigenvalue weighted by Gasteiger charge is 2.14. The highest BCUT2D eigenvalue weighted by Crippen LogP contribution is 2.25. The van der Waals surface area contributed by atoms with Crippen LogP contribution in [0.2, 0.25) is 0 Å². The summed E-state index contributed by atoms with van der Waals surface area (Å²) in [6.07, 6.45) is 0. The van der Waals surface area contributed by atoms with Gasteiger partial charge in [0.1, 0.15) is 0 Å². The molecule has 3 nitrogen and oxygen atoms in total. The Bertz CT molecular complexity index is 354. The summed E-state index contributed by atoms with van der Waals surface area (Å²) < 4.78 is 0.806. The van der Waals surface area contributed by atoms with Gasteiger partial charge in [0.25, 0.3) is 0 Å². The number of Topliss-reactive ketones (excluding diaryl/α,β-unsaturated/α-hetero) is 1. The number of nitrogen functional groups attached to an aromatic ring is 2. The van der Waals surface area contributed by atoms with Crippen LogP contribution in [0.4, 0.5) is 11.4 Å². The van der Waals surface area contributed by atoms with Crippen molar-refractivity contribution in [1.82, 2.24) is 0 Å². The molecule has 0 amide bonds. The van der Waals surface area contributed by atoms with Crippen LogP contribution in [0.25, 0.3) is 0 Å². The Kier molecular flexibility index (Phi) is 3.38. The molecule has 0 unspecified atom stereocenters. The van der Waals surface area contributed by atoms with Crippen molar-refractivity contribution >= 4 is 51.3 Å². The Balaban J connectivity index is 3.33. The predicted octanol–water partition coefficient (Wildman–Crippen LogP) is 1.88. The van der Waals surface area contributed by atoms with E-state index in [-0.39, 0.29) is 11.7 Å². The highest BCUT2D eigenvalue weighted by molar-refractivity contribution is 14.1. The van der Waals surface area contributed by atoms with Gasteiger partial charge in [-0.25, -0.2) is 0 Å². The second-order valence-electron chi connectivity index (χ2n) is 2.48. The number of halogens is 2. The molecule has 5 heteroatoms. The Hall–Kier alpha value is -0.490. The number of hydrogen-bond donors (Lipinski definition) is 2. The first-order chi connectivity index (χ1) is 6.07. The maximum absolute atomic E-state index is 11.3. The van der Waals surface area contributed by atoms with Crippen LogP contribution in [-0.4, -0.2) is 11.7 Å². The van der Waals surface area contributed by atoms with Gasteiger partial charge < -0.3 is 11.5 Å². The molecule has 0 saturated carbocycles. The Labute approximate surface area is 94.6 Å². The molecule has 0 saturated heterocycles. The van der Waals surface area contributed by atoms with Crippen LogP contribution in [0.1, 0.15) is 10.4 Å². The van der Waals surface area contributed by atoms with Gasteiger partial charge in [-0.3, -0.25) is 4.79 Å². The third-order valence-electron chi connectivity index (χ3n) is 1.62. The molecule has 1 aromatic carbocycles. The van der Waals surface area contributed by atoms with Crippen molar-refractivity contribution in [1.29, 1.82) is 0 Å². The van der Waals surface area contributed by atoms with Crippen LogP contribution >= 0.6 is 34.2 Å². The zero-order valence-electron chi connectivity index (χ0n) is 6.68. The standard InChI is InChI=1S/C8H8ClIN2O/c9-3-6(13)7-5(11)2-1-4(10)8(7)12/h1-2H,3,11-12H2. The molecule has 1 aromatic rings. The average Bonchev–Trinajstić information content (AvgIpc) is 2.12. The van der Waals surface area contributed by atoms with E-state index >= 15 is 0 Å². The first kappa shape index (κ1) is 10.6. The van der Waals surface area contributed by atoms with E-state index in [0.717, 1.165) is 3.57 Å². The zero-order chi connectivity index (χ0) is 10.0. The number of rotatable bonds is 2. The Morgan fingerprint density at radius 3 is 2.62 bits per heavy atom. The SMILES string of the molecule is Nc1ccc(I)c(N)c1C(=O)CCl. The topological polar surface area (TPSA) is 69.1 Å². The summed E-state index contributed by atoms with van der Waals surface area (Å²) in [7, 11) is 0. The monoisotopic (exact) mass is 310 g/mol. The summed E-state index contributed by atoms with van der Waals surface area (Å²) in [5, 5.41) is 0. The molecular formula is C8H8ClIN2O. The number of alkyl halides is 1. The maximum Gasteiger partial charge on any atom is 0.181 e. The van der Waals surface area contributed by atoms with Crippen LogP contribution in [0.3, 0.4) is 0 Å². The summed E-state index contributed by atoms with van der Waals surface area (Å²) in [6, 6.07) is 3.41. The summed E-state index contributed by atoms with van der Waals surface area (Å²) >= 11 is 7.46. The molecule has 0 fully saturated rings. The molecule has 0 atom stereocenters. The lowest BCUT2D eigenvalue weighted by Gasteiger charge is -2.07. The van der Waals surface area contributed by atoms with Gasteiger partial charge in [-0.2, -0.15) is 0 Å². The average molecular weight is 311 g/mol. The van der Waals surface area contributed by atoms with E-state index in [4.69, 9.17) is 23.1 Å². The molecule has 0 radical (unpaired) electrons. The summed E-state index contributed by atoms with van der Waals surface area (Å²) in [5.41, 5.74) is 12.4. The van der Waals surface area contributed by atoms with Crippen molar-refractivity contribution < 1.29 is 4.79 Å². The molecule has 0 aromatic heterocycles. The predicted molar refractivity (Wildman–Crippen MR) is 63.0 cm³/mol. The van der Waals surface area contributed by atoms with Crippen LogP contribution < -0.4 is 11.5 Å². The fourth-order valence-corrected chi connectivity index (χ4v) is 1.57. The van der Waals surface area contributed by atoms with Crippen molar-refractivity contribution in [3.05, 3.63) is 21.3 Å². The van der Waals surface area contributed by atoms with Crippen molar-refractivity contribution in [2.45, 2.75) is 0 Å². The molecule has 1 rings (SSSR count). The van der Waals surface area contributed by atoms with Gasteiger partial charge in [0.2, 0.25) is 0 Å². The molecule has 0 aliphatic heterocycles. The van der Waals surface area contributed by atoms with Crippen LogP contribution in [0.15, 0.2) is 12.1 Å². The van der Waals surface area contributed by atoms with Gasteiger partial charge in [0.05, 0.1) is 17.1 Å². The van der Waals surface area contributed by atoms with Crippen molar-refractivity contribution in [2.24, 2.45) is 0 Å². The molecule has 0 heterocycles. The van der Waals surface area contributed by atoms with E-state index in [0.29, 0.717) is 16.9 Å². The summed E-state index contributed by atoms with van der Waals surface area (Å²) in [4.78, 5) is 11.3. The lowest BCUT2D eigenvalue weighted by atomic mass is 10.1. The first-order valence-corrected chi connectivity index (χ1v) is 5.12. The third kappa shape index (κ3) is 2.05. The van der Waals surface area contributed by atoms with Crippen molar-refractivity contribution in [2.75, 3.05) is 17.3 Å². The second kappa shape index (κ2) is 4.15. The zero-order valence-corrected chi connectivity index (χ0v) is 9.59. The summed E-state index contributed by atoms with van der Waals surface area (Å²) in [6.45, 7) is 0. The third-order valence-corrected chi connectivity index (χ3v) is 2.81. The Morgan fingerprint density at radius 1 is 1.46 bits per heavy atom. The Morgan fingerprint density at radius 2 is 2.08 bits per heavy atom. The number of anilines is 2. The lowest BCUT2D eigenvalue weighted by Crippen LogP contribution is -2.10. The molecule has 4 N–H and O–H groups in total. The number of hydrogen-bond acceptors (Lipinski definition) is 3. The minimum absolute atomic E-state index is 0.103. The minimum atomic E-state index is -0.241. The van der Waals surface area contributed by atoms with E-state index in [1.54, 1.807) is 12.1 Å². The number of ketones is 1. The van der Waals surface area contributed by atoms with Crippen molar-refractivity contribution in [3.63, 3.8) is 0 Å². The number of carbonyl (C=O) groups is 1. The van der Waals surface area contributed by atoms with E-state index in [9.17, 15) is 4.79 Å². The molecule has 13 heavy (non-hydrogen) atoms. The van der Waals surface area contributed by atoms with Gasteiger partial charge in [-0.15, -0.1) is 11.6 Å². The van der Waals surface area contributed by atoms with E-state index in [2.05, 4.69) is 0 Å². The number of nitrogens with two attached hydrogens (primary N) is 2. The van der Waals surface area contributed by atoms with Gasteiger partial charge in [-0.1, -0.05) is 0 Å². The number of benzene rings is 1. The smallest absolute Gasteiger partial charge is 0.181 e. The van der Waals surface area contributed by atoms with Gasteiger partial charge in [-0.05, 0) is 34.7 Å². The highest BCUT2D eigenvalue weighted by atomic mass is 127. The first-order valence-electron chi connectivity index (χ1n) is 3.50. The van der Waals surface area contributed by atoms with Crippen LogP contribution in [0.5, 0.6) is 0 Å². The molecule has 0 spiro atoms.